The third-order valence-electron chi connectivity index (χ3n) is 6.28. The molecule has 0 bridgehead atoms. The van der Waals surface area contributed by atoms with E-state index in [-0.39, 0.29) is 22.8 Å². The standard InChI is InChI=1S/C28H19N5O4S/c1-15-24(27(36)33(32-15)28-29-23(14-38-28)16-7-10-18(37-2)11-8-16)31-30-17-9-12-21-22(13-17)26(35)20-6-4-3-5-19(20)25(21)34/h3-14,32H,1-2H3. The van der Waals surface area contributed by atoms with Crippen molar-refractivity contribution in [3.8, 4) is 22.1 Å². The van der Waals surface area contributed by atoms with E-state index in [1.165, 1.54) is 22.1 Å². The predicted octanol–water partition coefficient (Wildman–Crippen LogP) is 5.80. The Hall–Kier alpha value is -4.96. The molecule has 1 aliphatic carbocycles. The summed E-state index contributed by atoms with van der Waals surface area (Å²) >= 11 is 1.32. The average molecular weight is 522 g/mol. The SMILES string of the molecule is COc1ccc(-c2csc(-n3[nH]c(C)c(N=Nc4ccc5c(c4)C(=O)c4ccccc4C5=O)c3=O)n2)cc1. The molecule has 2 aromatic heterocycles. The fourth-order valence-electron chi connectivity index (χ4n) is 4.31. The van der Waals surface area contributed by atoms with E-state index in [1.54, 1.807) is 50.4 Å². The first-order chi connectivity index (χ1) is 18.4. The van der Waals surface area contributed by atoms with Crippen LogP contribution < -0.4 is 10.3 Å². The highest BCUT2D eigenvalue weighted by Crippen LogP contribution is 2.31. The van der Waals surface area contributed by atoms with Gasteiger partial charge in [-0.25, -0.2) is 4.98 Å². The second-order valence-corrected chi connectivity index (χ2v) is 9.44. The highest BCUT2D eigenvalue weighted by atomic mass is 32.1. The summed E-state index contributed by atoms with van der Waals surface area (Å²) in [5.74, 6) is 0.291. The third kappa shape index (κ3) is 3.87. The summed E-state index contributed by atoms with van der Waals surface area (Å²) in [5.41, 5.74) is 3.55. The fraction of sp³-hybridized carbons (Fsp3) is 0.0714. The summed E-state index contributed by atoms with van der Waals surface area (Å²) in [6.07, 6.45) is 0. The maximum absolute atomic E-state index is 13.1. The van der Waals surface area contributed by atoms with Gasteiger partial charge < -0.3 is 4.74 Å². The zero-order valence-electron chi connectivity index (χ0n) is 20.3. The lowest BCUT2D eigenvalue weighted by molar-refractivity contribution is 0.0979. The zero-order valence-corrected chi connectivity index (χ0v) is 21.1. The summed E-state index contributed by atoms with van der Waals surface area (Å²) in [6.45, 7) is 1.72. The Morgan fingerprint density at radius 1 is 0.868 bits per heavy atom. The van der Waals surface area contributed by atoms with Crippen LogP contribution in [-0.4, -0.2) is 33.4 Å². The number of ketones is 2. The molecule has 1 N–H and O–H groups in total. The van der Waals surface area contributed by atoms with Gasteiger partial charge in [0, 0.05) is 33.2 Å². The van der Waals surface area contributed by atoms with Crippen LogP contribution in [0.1, 0.15) is 37.5 Å². The molecule has 3 aromatic carbocycles. The minimum Gasteiger partial charge on any atom is -0.497 e. The quantitative estimate of drug-likeness (QED) is 0.288. The van der Waals surface area contributed by atoms with Crippen LogP contribution in [0, 0.1) is 6.92 Å². The topological polar surface area (TPSA) is 119 Å². The third-order valence-corrected chi connectivity index (χ3v) is 7.11. The van der Waals surface area contributed by atoms with E-state index in [1.807, 2.05) is 29.6 Å². The van der Waals surface area contributed by atoms with Crippen LogP contribution in [0.2, 0.25) is 0 Å². The Balaban J connectivity index is 1.29. The van der Waals surface area contributed by atoms with Gasteiger partial charge in [-0.15, -0.1) is 16.5 Å². The van der Waals surface area contributed by atoms with Gasteiger partial charge in [0.2, 0.25) is 5.13 Å². The number of fused-ring (bicyclic) bond motifs is 2. The molecule has 0 spiro atoms. The first-order valence-corrected chi connectivity index (χ1v) is 12.5. The fourth-order valence-corrected chi connectivity index (χ4v) is 5.10. The maximum atomic E-state index is 13.1. The van der Waals surface area contributed by atoms with Gasteiger partial charge in [0.05, 0.1) is 24.2 Å². The molecule has 1 aliphatic rings. The minimum atomic E-state index is -0.403. The van der Waals surface area contributed by atoms with E-state index in [2.05, 4.69) is 20.3 Å². The van der Waals surface area contributed by atoms with Crippen LogP contribution in [0.3, 0.4) is 0 Å². The van der Waals surface area contributed by atoms with Crippen molar-refractivity contribution in [3.05, 3.63) is 110 Å². The van der Waals surface area contributed by atoms with E-state index >= 15 is 0 Å². The molecule has 0 amide bonds. The van der Waals surface area contributed by atoms with E-state index in [0.717, 1.165) is 17.0 Å². The second kappa shape index (κ2) is 9.16. The maximum Gasteiger partial charge on any atom is 0.301 e. The number of hydrogen-bond acceptors (Lipinski definition) is 8. The molecule has 38 heavy (non-hydrogen) atoms. The monoisotopic (exact) mass is 521 g/mol. The Morgan fingerprint density at radius 2 is 1.55 bits per heavy atom. The number of thiazole rings is 1. The predicted molar refractivity (Wildman–Crippen MR) is 143 cm³/mol. The van der Waals surface area contributed by atoms with Crippen molar-refractivity contribution in [3.63, 3.8) is 0 Å². The van der Waals surface area contributed by atoms with Crippen LogP contribution in [0.4, 0.5) is 11.4 Å². The van der Waals surface area contributed by atoms with Crippen molar-refractivity contribution >= 4 is 34.3 Å². The smallest absolute Gasteiger partial charge is 0.301 e. The largest absolute Gasteiger partial charge is 0.497 e. The molecule has 2 heterocycles. The average Bonchev–Trinajstić information content (AvgIpc) is 3.55. The van der Waals surface area contributed by atoms with Crippen molar-refractivity contribution < 1.29 is 14.3 Å². The lowest BCUT2D eigenvalue weighted by atomic mass is 9.84. The Morgan fingerprint density at radius 3 is 2.26 bits per heavy atom. The van der Waals surface area contributed by atoms with Gasteiger partial charge in [-0.3, -0.25) is 19.5 Å². The number of ether oxygens (including phenoxy) is 1. The molecule has 0 unspecified atom stereocenters. The van der Waals surface area contributed by atoms with Crippen LogP contribution in [0.5, 0.6) is 5.75 Å². The summed E-state index contributed by atoms with van der Waals surface area (Å²) in [7, 11) is 1.61. The first-order valence-electron chi connectivity index (χ1n) is 11.6. The van der Waals surface area contributed by atoms with Crippen molar-refractivity contribution in [2.75, 3.05) is 7.11 Å². The van der Waals surface area contributed by atoms with Gasteiger partial charge in [0.1, 0.15) is 5.75 Å². The number of H-pyrrole nitrogens is 1. The van der Waals surface area contributed by atoms with Gasteiger partial charge in [-0.2, -0.15) is 9.80 Å². The van der Waals surface area contributed by atoms with E-state index < -0.39 is 5.56 Å². The van der Waals surface area contributed by atoms with Crippen LogP contribution in [0.15, 0.2) is 87.1 Å². The number of methoxy groups -OCH3 is 1. The summed E-state index contributed by atoms with van der Waals surface area (Å²) in [4.78, 5) is 43.5. The van der Waals surface area contributed by atoms with Gasteiger partial charge >= 0.3 is 5.56 Å². The first kappa shape index (κ1) is 23.4. The molecule has 9 nitrogen and oxygen atoms in total. The Bertz CT molecular complexity index is 1830. The molecule has 0 radical (unpaired) electrons. The number of nitrogens with zero attached hydrogens (tertiary/aromatic N) is 4. The lowest BCUT2D eigenvalue weighted by Crippen LogP contribution is -2.20. The number of benzene rings is 3. The van der Waals surface area contributed by atoms with Crippen molar-refractivity contribution in [2.24, 2.45) is 10.2 Å². The number of carbonyl (C=O) groups excluding carboxylic acids is 2. The van der Waals surface area contributed by atoms with Crippen molar-refractivity contribution in [2.45, 2.75) is 6.92 Å². The molecule has 0 saturated carbocycles. The highest BCUT2D eigenvalue weighted by Gasteiger charge is 2.29. The minimum absolute atomic E-state index is 0.122. The Kier molecular flexibility index (Phi) is 5.65. The number of aromatic amines is 1. The molecule has 6 rings (SSSR count). The van der Waals surface area contributed by atoms with E-state index in [4.69, 9.17) is 4.74 Å². The van der Waals surface area contributed by atoms with Gasteiger partial charge in [0.15, 0.2) is 17.3 Å². The van der Waals surface area contributed by atoms with Crippen LogP contribution in [-0.2, 0) is 0 Å². The van der Waals surface area contributed by atoms with Crippen LogP contribution >= 0.6 is 11.3 Å². The second-order valence-electron chi connectivity index (χ2n) is 8.60. The van der Waals surface area contributed by atoms with E-state index in [9.17, 15) is 14.4 Å². The molecule has 5 aromatic rings. The number of nitrogens with one attached hydrogen (secondary N) is 1. The summed E-state index contributed by atoms with van der Waals surface area (Å²) in [5, 5.41) is 13.7. The number of azo groups is 1. The van der Waals surface area contributed by atoms with Gasteiger partial charge in [-0.1, -0.05) is 24.3 Å². The molecule has 0 aliphatic heterocycles. The zero-order chi connectivity index (χ0) is 26.4. The number of carbonyl (C=O) groups is 2. The summed E-state index contributed by atoms with van der Waals surface area (Å²) < 4.78 is 6.53. The molecule has 0 saturated heterocycles. The lowest BCUT2D eigenvalue weighted by Gasteiger charge is -2.17. The highest BCUT2D eigenvalue weighted by molar-refractivity contribution is 7.12. The van der Waals surface area contributed by atoms with Crippen molar-refractivity contribution in [1.29, 1.82) is 0 Å². The van der Waals surface area contributed by atoms with Crippen molar-refractivity contribution in [1.82, 2.24) is 14.8 Å². The molecular weight excluding hydrogens is 502 g/mol. The summed E-state index contributed by atoms with van der Waals surface area (Å²) in [6, 6.07) is 18.9. The van der Waals surface area contributed by atoms with E-state index in [0.29, 0.717) is 33.2 Å². The van der Waals surface area contributed by atoms with Gasteiger partial charge in [0.25, 0.3) is 0 Å². The van der Waals surface area contributed by atoms with Crippen LogP contribution in [0.25, 0.3) is 16.4 Å². The molecule has 10 heteroatoms. The van der Waals surface area contributed by atoms with Gasteiger partial charge in [-0.05, 0) is 49.4 Å². The normalized spacial score (nSPS) is 12.6. The number of hydrogen-bond donors (Lipinski definition) is 1. The molecule has 186 valence electrons. The number of rotatable bonds is 5. The molecule has 0 atom stereocenters. The Labute approximate surface area is 220 Å². The molecular formula is C28H19N5O4S. The number of aromatic nitrogens is 3. The number of aryl methyl sites for hydroxylation is 1. The molecule has 0 fully saturated rings.